The molecule has 1 aromatic carbocycles. The van der Waals surface area contributed by atoms with Gasteiger partial charge in [0, 0.05) is 6.54 Å². The van der Waals surface area contributed by atoms with Crippen LogP contribution in [0.15, 0.2) is 18.2 Å². The average molecular weight is 244 g/mol. The van der Waals surface area contributed by atoms with Crippen molar-refractivity contribution in [2.75, 3.05) is 11.9 Å². The molecule has 2 amide bonds. The van der Waals surface area contributed by atoms with Crippen LogP contribution >= 0.6 is 0 Å². The van der Waals surface area contributed by atoms with E-state index in [1.807, 2.05) is 18.2 Å². The number of benzene rings is 1. The molecular formula is C14H16N2O2. The molecular weight excluding hydrogens is 228 g/mol. The number of nitrogens with zero attached hydrogens (tertiary/aromatic N) is 1. The molecule has 0 bridgehead atoms. The number of carbonyl (C=O) groups excluding carboxylic acids is 2. The SMILES string of the molecule is CCc1ccc2c(c1)C(=O)N1CCC[C@H]1C(=O)N2. The first-order valence-electron chi connectivity index (χ1n) is 6.45. The molecule has 1 N–H and O–H groups in total. The van der Waals surface area contributed by atoms with Crippen LogP contribution in [0.3, 0.4) is 0 Å². The van der Waals surface area contributed by atoms with Crippen molar-refractivity contribution < 1.29 is 9.59 Å². The third-order valence-electron chi connectivity index (χ3n) is 3.80. The lowest BCUT2D eigenvalue weighted by atomic mass is 10.1. The summed E-state index contributed by atoms with van der Waals surface area (Å²) in [7, 11) is 0. The molecule has 1 atom stereocenters. The maximum atomic E-state index is 12.5. The Balaban J connectivity index is 2.09. The summed E-state index contributed by atoms with van der Waals surface area (Å²) >= 11 is 0. The number of aryl methyl sites for hydroxylation is 1. The van der Waals surface area contributed by atoms with E-state index in [1.165, 1.54) is 0 Å². The lowest BCUT2D eigenvalue weighted by molar-refractivity contribution is -0.119. The van der Waals surface area contributed by atoms with E-state index in [0.29, 0.717) is 17.8 Å². The fourth-order valence-electron chi connectivity index (χ4n) is 2.75. The summed E-state index contributed by atoms with van der Waals surface area (Å²) < 4.78 is 0. The number of carbonyl (C=O) groups is 2. The highest BCUT2D eigenvalue weighted by Crippen LogP contribution is 2.29. The molecule has 0 saturated carbocycles. The standard InChI is InChI=1S/C14H16N2O2/c1-2-9-5-6-11-10(8-9)14(18)16-7-3-4-12(16)13(17)15-11/h5-6,8,12H,2-4,7H2,1H3,(H,15,17)/t12-/m0/s1. The van der Waals surface area contributed by atoms with Crippen molar-refractivity contribution >= 4 is 17.5 Å². The highest BCUT2D eigenvalue weighted by atomic mass is 16.2. The van der Waals surface area contributed by atoms with Gasteiger partial charge >= 0.3 is 0 Å². The van der Waals surface area contributed by atoms with Crippen molar-refractivity contribution in [1.29, 1.82) is 0 Å². The number of anilines is 1. The van der Waals surface area contributed by atoms with E-state index in [9.17, 15) is 9.59 Å². The summed E-state index contributed by atoms with van der Waals surface area (Å²) in [6.45, 7) is 2.74. The first-order valence-corrected chi connectivity index (χ1v) is 6.45. The van der Waals surface area contributed by atoms with Crippen LogP contribution in [0.4, 0.5) is 5.69 Å². The summed E-state index contributed by atoms with van der Waals surface area (Å²) in [6.07, 6.45) is 2.57. The van der Waals surface area contributed by atoms with Crippen molar-refractivity contribution in [2.45, 2.75) is 32.2 Å². The molecule has 2 aliphatic heterocycles. The highest BCUT2D eigenvalue weighted by Gasteiger charge is 2.38. The number of hydrogen-bond acceptors (Lipinski definition) is 2. The molecule has 2 aliphatic rings. The van der Waals surface area contributed by atoms with Gasteiger partial charge < -0.3 is 10.2 Å². The number of rotatable bonds is 1. The van der Waals surface area contributed by atoms with E-state index >= 15 is 0 Å². The zero-order chi connectivity index (χ0) is 12.7. The average Bonchev–Trinajstić information content (AvgIpc) is 2.84. The second-order valence-corrected chi connectivity index (χ2v) is 4.88. The van der Waals surface area contributed by atoms with Crippen molar-refractivity contribution in [3.05, 3.63) is 29.3 Å². The Hall–Kier alpha value is -1.84. The monoisotopic (exact) mass is 244 g/mol. The third kappa shape index (κ3) is 1.60. The second kappa shape index (κ2) is 4.12. The quantitative estimate of drug-likeness (QED) is 0.819. The molecule has 1 saturated heterocycles. The maximum absolute atomic E-state index is 12.5. The van der Waals surface area contributed by atoms with Gasteiger partial charge in [-0.2, -0.15) is 0 Å². The molecule has 2 heterocycles. The van der Waals surface area contributed by atoms with Gasteiger partial charge in [-0.15, -0.1) is 0 Å². The molecule has 18 heavy (non-hydrogen) atoms. The van der Waals surface area contributed by atoms with Gasteiger partial charge in [0.1, 0.15) is 6.04 Å². The van der Waals surface area contributed by atoms with E-state index < -0.39 is 0 Å². The molecule has 4 nitrogen and oxygen atoms in total. The molecule has 0 aromatic heterocycles. The second-order valence-electron chi connectivity index (χ2n) is 4.88. The van der Waals surface area contributed by atoms with Crippen molar-refractivity contribution in [2.24, 2.45) is 0 Å². The van der Waals surface area contributed by atoms with E-state index in [2.05, 4.69) is 12.2 Å². The van der Waals surface area contributed by atoms with Gasteiger partial charge in [-0.05, 0) is 37.0 Å². The summed E-state index contributed by atoms with van der Waals surface area (Å²) in [4.78, 5) is 26.2. The molecule has 0 spiro atoms. The summed E-state index contributed by atoms with van der Waals surface area (Å²) in [5.74, 6) is -0.0648. The Morgan fingerprint density at radius 2 is 2.22 bits per heavy atom. The zero-order valence-electron chi connectivity index (χ0n) is 10.4. The van der Waals surface area contributed by atoms with Crippen LogP contribution in [-0.4, -0.2) is 29.3 Å². The minimum Gasteiger partial charge on any atom is -0.327 e. The molecule has 1 fully saturated rings. The number of hydrogen-bond donors (Lipinski definition) is 1. The van der Waals surface area contributed by atoms with Gasteiger partial charge in [-0.3, -0.25) is 9.59 Å². The Labute approximate surface area is 106 Å². The first-order chi connectivity index (χ1) is 8.70. The molecule has 1 aromatic rings. The van der Waals surface area contributed by atoms with Gasteiger partial charge in [0.2, 0.25) is 5.91 Å². The van der Waals surface area contributed by atoms with Gasteiger partial charge in [-0.25, -0.2) is 0 Å². The molecule has 0 aliphatic carbocycles. The molecule has 0 unspecified atom stereocenters. The van der Waals surface area contributed by atoms with Gasteiger partial charge in [-0.1, -0.05) is 13.0 Å². The van der Waals surface area contributed by atoms with Crippen LogP contribution in [0.2, 0.25) is 0 Å². The molecule has 94 valence electrons. The first kappa shape index (κ1) is 11.3. The summed E-state index contributed by atoms with van der Waals surface area (Å²) in [5.41, 5.74) is 2.40. The predicted octanol–water partition coefficient (Wildman–Crippen LogP) is 1.81. The fraction of sp³-hybridized carbons (Fsp3) is 0.429. The van der Waals surface area contributed by atoms with Gasteiger partial charge in [0.25, 0.3) is 5.91 Å². The predicted molar refractivity (Wildman–Crippen MR) is 68.5 cm³/mol. The van der Waals surface area contributed by atoms with Crippen molar-refractivity contribution in [1.82, 2.24) is 4.90 Å². The van der Waals surface area contributed by atoms with E-state index in [-0.39, 0.29) is 17.9 Å². The smallest absolute Gasteiger partial charge is 0.256 e. The Morgan fingerprint density at radius 3 is 3.00 bits per heavy atom. The van der Waals surface area contributed by atoms with Crippen molar-refractivity contribution in [3.63, 3.8) is 0 Å². The number of fused-ring (bicyclic) bond motifs is 2. The topological polar surface area (TPSA) is 49.4 Å². The number of amides is 2. The Kier molecular flexibility index (Phi) is 2.58. The van der Waals surface area contributed by atoms with E-state index in [1.54, 1.807) is 4.90 Å². The van der Waals surface area contributed by atoms with E-state index in [0.717, 1.165) is 24.8 Å². The van der Waals surface area contributed by atoms with E-state index in [4.69, 9.17) is 0 Å². The lowest BCUT2D eigenvalue weighted by Gasteiger charge is -2.20. The van der Waals surface area contributed by atoms with Crippen LogP contribution in [0.1, 0.15) is 35.7 Å². The fourth-order valence-corrected chi connectivity index (χ4v) is 2.75. The van der Waals surface area contributed by atoms with Crippen LogP contribution in [0.25, 0.3) is 0 Å². The normalized spacial score (nSPS) is 22.3. The Bertz CT molecular complexity index is 525. The van der Waals surface area contributed by atoms with Crippen LogP contribution in [0, 0.1) is 0 Å². The third-order valence-corrected chi connectivity index (χ3v) is 3.80. The summed E-state index contributed by atoms with van der Waals surface area (Å²) in [6, 6.07) is 5.42. The lowest BCUT2D eigenvalue weighted by Crippen LogP contribution is -2.40. The van der Waals surface area contributed by atoms with Gasteiger partial charge in [0.15, 0.2) is 0 Å². The summed E-state index contributed by atoms with van der Waals surface area (Å²) in [5, 5.41) is 2.87. The van der Waals surface area contributed by atoms with Crippen LogP contribution in [-0.2, 0) is 11.2 Å². The highest BCUT2D eigenvalue weighted by molar-refractivity contribution is 6.10. The Morgan fingerprint density at radius 1 is 1.39 bits per heavy atom. The van der Waals surface area contributed by atoms with Crippen LogP contribution < -0.4 is 5.32 Å². The largest absolute Gasteiger partial charge is 0.327 e. The zero-order valence-corrected chi connectivity index (χ0v) is 10.4. The molecule has 0 radical (unpaired) electrons. The maximum Gasteiger partial charge on any atom is 0.256 e. The molecule has 3 rings (SSSR count). The molecule has 4 heteroatoms. The minimum absolute atomic E-state index is 0.0128. The number of nitrogens with one attached hydrogen (secondary N) is 1. The minimum atomic E-state index is -0.282. The van der Waals surface area contributed by atoms with Crippen LogP contribution in [0.5, 0.6) is 0 Å². The van der Waals surface area contributed by atoms with Gasteiger partial charge in [0.05, 0.1) is 11.3 Å². The van der Waals surface area contributed by atoms with Crippen molar-refractivity contribution in [3.8, 4) is 0 Å².